The summed E-state index contributed by atoms with van der Waals surface area (Å²) in [6.07, 6.45) is -5.38. The predicted molar refractivity (Wildman–Crippen MR) is 155 cm³/mol. The second-order valence-electron chi connectivity index (χ2n) is 9.87. The number of halogens is 3. The minimum atomic E-state index is -4.41. The van der Waals surface area contributed by atoms with E-state index in [2.05, 4.69) is 4.90 Å². The van der Waals surface area contributed by atoms with Crippen molar-refractivity contribution in [3.05, 3.63) is 64.2 Å². The molecule has 2 aromatic carbocycles. The van der Waals surface area contributed by atoms with E-state index in [4.69, 9.17) is 19.6 Å². The van der Waals surface area contributed by atoms with Crippen LogP contribution in [0.1, 0.15) is 28.6 Å². The number of ether oxygens (including phenoxy) is 2. The molecule has 0 radical (unpaired) electrons. The molecule has 42 heavy (non-hydrogen) atoms. The van der Waals surface area contributed by atoms with Gasteiger partial charge in [-0.1, -0.05) is 12.1 Å². The zero-order chi connectivity index (χ0) is 30.4. The third-order valence-corrected chi connectivity index (χ3v) is 9.12. The molecule has 1 saturated heterocycles. The summed E-state index contributed by atoms with van der Waals surface area (Å²) in [6.45, 7) is 6.43. The quantitative estimate of drug-likeness (QED) is 0.277. The summed E-state index contributed by atoms with van der Waals surface area (Å²) < 4.78 is 49.8. The molecule has 2 heterocycles. The molecule has 226 valence electrons. The summed E-state index contributed by atoms with van der Waals surface area (Å²) >= 11 is 3.04. The molecule has 1 unspecified atom stereocenters. The summed E-state index contributed by atoms with van der Waals surface area (Å²) in [5.41, 5.74) is 1.57. The third-order valence-electron chi connectivity index (χ3n) is 6.77. The highest BCUT2D eigenvalue weighted by molar-refractivity contribution is 7.98. The lowest BCUT2D eigenvalue weighted by Crippen LogP contribution is -2.49. The first kappa shape index (κ1) is 31.8. The maximum atomic E-state index is 13.1. The number of aromatic nitrogens is 1. The van der Waals surface area contributed by atoms with Crippen molar-refractivity contribution >= 4 is 35.0 Å². The summed E-state index contributed by atoms with van der Waals surface area (Å²) in [7, 11) is 1.49. The van der Waals surface area contributed by atoms with Gasteiger partial charge in [-0.25, -0.2) is 9.78 Å². The van der Waals surface area contributed by atoms with E-state index in [-0.39, 0.29) is 12.5 Å². The van der Waals surface area contributed by atoms with Gasteiger partial charge in [-0.05, 0) is 49.7 Å². The number of piperazine rings is 1. The SMILES string of the molecule is COCC(=O)N1CCN(Cc2nc(-c3ccc(C(F)(F)F)cc3)sc2CSc2ccc(OC(C)C(=O)O)c(C)c2)CC1. The summed E-state index contributed by atoms with van der Waals surface area (Å²) in [5.74, 6) is -0.0000591. The number of thioether (sulfide) groups is 1. The van der Waals surface area contributed by atoms with Crippen molar-refractivity contribution in [2.45, 2.75) is 43.3 Å². The lowest BCUT2D eigenvalue weighted by molar-refractivity contribution is -0.144. The fourth-order valence-electron chi connectivity index (χ4n) is 4.36. The first-order valence-corrected chi connectivity index (χ1v) is 15.0. The number of thiazole rings is 1. The molecule has 0 spiro atoms. The van der Waals surface area contributed by atoms with E-state index in [9.17, 15) is 22.8 Å². The number of aryl methyl sites for hydroxylation is 1. The van der Waals surface area contributed by atoms with Gasteiger partial charge in [-0.15, -0.1) is 23.1 Å². The number of aliphatic carboxylic acids is 1. The topological polar surface area (TPSA) is 92.2 Å². The number of amides is 1. The van der Waals surface area contributed by atoms with Gasteiger partial charge in [0.15, 0.2) is 6.10 Å². The van der Waals surface area contributed by atoms with Crippen LogP contribution in [0.25, 0.3) is 10.6 Å². The molecule has 0 saturated carbocycles. The summed E-state index contributed by atoms with van der Waals surface area (Å²) in [4.78, 5) is 34.1. The van der Waals surface area contributed by atoms with Gasteiger partial charge in [0, 0.05) is 60.9 Å². The van der Waals surface area contributed by atoms with Gasteiger partial charge in [0.2, 0.25) is 5.91 Å². The fourth-order valence-corrected chi connectivity index (χ4v) is 6.53. The molecular formula is C29H32F3N3O5S2. The van der Waals surface area contributed by atoms with E-state index in [0.29, 0.717) is 54.8 Å². The monoisotopic (exact) mass is 623 g/mol. The minimum absolute atomic E-state index is 0.0448. The van der Waals surface area contributed by atoms with Gasteiger partial charge < -0.3 is 19.5 Å². The molecule has 4 rings (SSSR count). The van der Waals surface area contributed by atoms with Crippen molar-refractivity contribution < 1.29 is 37.3 Å². The Labute approximate surface area is 250 Å². The van der Waals surface area contributed by atoms with Crippen molar-refractivity contribution in [3.8, 4) is 16.3 Å². The van der Waals surface area contributed by atoms with E-state index >= 15 is 0 Å². The van der Waals surface area contributed by atoms with Crippen LogP contribution in [0.5, 0.6) is 5.75 Å². The Hall–Kier alpha value is -3.13. The molecule has 1 aromatic heterocycles. The minimum Gasteiger partial charge on any atom is -0.479 e. The second kappa shape index (κ2) is 13.9. The number of carboxylic acids is 1. The normalized spacial score (nSPS) is 15.0. The molecule has 8 nitrogen and oxygen atoms in total. The van der Waals surface area contributed by atoms with Gasteiger partial charge in [0.1, 0.15) is 17.4 Å². The zero-order valence-electron chi connectivity index (χ0n) is 23.4. The number of nitrogens with zero attached hydrogens (tertiary/aromatic N) is 3. The average molecular weight is 624 g/mol. The first-order chi connectivity index (χ1) is 19.9. The van der Waals surface area contributed by atoms with E-state index in [1.807, 2.05) is 19.1 Å². The van der Waals surface area contributed by atoms with Crippen LogP contribution in [0.3, 0.4) is 0 Å². The Morgan fingerprint density at radius 2 is 1.81 bits per heavy atom. The molecule has 13 heteroatoms. The maximum absolute atomic E-state index is 13.1. The molecule has 1 aliphatic rings. The Kier molecular flexibility index (Phi) is 10.5. The van der Waals surface area contributed by atoms with Crippen LogP contribution in [0.4, 0.5) is 13.2 Å². The molecule has 1 atom stereocenters. The van der Waals surface area contributed by atoms with Crippen LogP contribution in [0.2, 0.25) is 0 Å². The Morgan fingerprint density at radius 3 is 2.40 bits per heavy atom. The predicted octanol–water partition coefficient (Wildman–Crippen LogP) is 5.57. The fraction of sp³-hybridized carbons (Fsp3) is 0.414. The number of benzene rings is 2. The molecule has 0 aliphatic carbocycles. The standard InChI is InChI=1S/C29H32F3N3O5S2/c1-18-14-22(8-9-24(18)40-19(2)28(37)38)41-17-25-23(15-34-10-12-35(13-11-34)26(36)16-39-3)33-27(42-25)20-4-6-21(7-5-20)29(30,31)32/h4-9,14,19H,10-13,15-17H2,1-3H3,(H,37,38). The van der Waals surface area contributed by atoms with Crippen LogP contribution in [-0.4, -0.2) is 77.8 Å². The van der Waals surface area contributed by atoms with E-state index < -0.39 is 23.8 Å². The van der Waals surface area contributed by atoms with Crippen molar-refractivity contribution in [2.24, 2.45) is 0 Å². The maximum Gasteiger partial charge on any atom is 0.416 e. The third kappa shape index (κ3) is 8.24. The Morgan fingerprint density at radius 1 is 1.12 bits per heavy atom. The molecular weight excluding hydrogens is 591 g/mol. The van der Waals surface area contributed by atoms with E-state index in [1.54, 1.807) is 22.7 Å². The van der Waals surface area contributed by atoms with Gasteiger partial charge in [-0.3, -0.25) is 9.69 Å². The number of carbonyl (C=O) groups excluding carboxylic acids is 1. The van der Waals surface area contributed by atoms with Crippen LogP contribution in [0.15, 0.2) is 47.4 Å². The lowest BCUT2D eigenvalue weighted by atomic mass is 10.1. The zero-order valence-corrected chi connectivity index (χ0v) is 25.1. The number of hydrogen-bond donors (Lipinski definition) is 1. The van der Waals surface area contributed by atoms with E-state index in [0.717, 1.165) is 33.2 Å². The van der Waals surface area contributed by atoms with Gasteiger partial charge >= 0.3 is 12.1 Å². The van der Waals surface area contributed by atoms with Crippen LogP contribution < -0.4 is 4.74 Å². The van der Waals surface area contributed by atoms with Crippen LogP contribution >= 0.6 is 23.1 Å². The van der Waals surface area contributed by atoms with Gasteiger partial charge in [0.25, 0.3) is 0 Å². The molecule has 1 aliphatic heterocycles. The summed E-state index contributed by atoms with van der Waals surface area (Å²) in [6, 6.07) is 10.6. The van der Waals surface area contributed by atoms with E-state index in [1.165, 1.54) is 37.5 Å². The second-order valence-corrected chi connectivity index (χ2v) is 12.0. The highest BCUT2D eigenvalue weighted by Crippen LogP contribution is 2.36. The average Bonchev–Trinajstić information content (AvgIpc) is 3.35. The molecule has 1 amide bonds. The lowest BCUT2D eigenvalue weighted by Gasteiger charge is -2.34. The summed E-state index contributed by atoms with van der Waals surface area (Å²) in [5, 5.41) is 9.77. The number of alkyl halides is 3. The molecule has 1 N–H and O–H groups in total. The number of carbonyl (C=O) groups is 2. The highest BCUT2D eigenvalue weighted by atomic mass is 32.2. The number of rotatable bonds is 11. The highest BCUT2D eigenvalue weighted by Gasteiger charge is 2.30. The Bertz CT molecular complexity index is 1390. The molecule has 3 aromatic rings. The van der Waals surface area contributed by atoms with Crippen molar-refractivity contribution in [1.82, 2.24) is 14.8 Å². The van der Waals surface area contributed by atoms with Gasteiger partial charge in [-0.2, -0.15) is 13.2 Å². The smallest absolute Gasteiger partial charge is 0.416 e. The van der Waals surface area contributed by atoms with Crippen molar-refractivity contribution in [3.63, 3.8) is 0 Å². The van der Waals surface area contributed by atoms with Crippen LogP contribution in [0, 0.1) is 6.92 Å². The first-order valence-electron chi connectivity index (χ1n) is 13.2. The molecule has 0 bridgehead atoms. The number of carboxylic acid groups (broad SMARTS) is 1. The molecule has 1 fully saturated rings. The number of hydrogen-bond acceptors (Lipinski definition) is 8. The largest absolute Gasteiger partial charge is 0.479 e. The van der Waals surface area contributed by atoms with Crippen LogP contribution in [-0.2, 0) is 32.8 Å². The number of methoxy groups -OCH3 is 1. The Balaban J connectivity index is 1.51. The van der Waals surface area contributed by atoms with Gasteiger partial charge in [0.05, 0.1) is 11.3 Å². The van der Waals surface area contributed by atoms with Crippen molar-refractivity contribution in [1.29, 1.82) is 0 Å². The van der Waals surface area contributed by atoms with Crippen molar-refractivity contribution in [2.75, 3.05) is 39.9 Å².